The van der Waals surface area contributed by atoms with E-state index >= 15 is 0 Å². The highest BCUT2D eigenvalue weighted by atomic mass is 14.9. The molecule has 0 fully saturated rings. The average molecular weight is 252 g/mol. The first kappa shape index (κ1) is 11.7. The third-order valence-electron chi connectivity index (χ3n) is 3.28. The van der Waals surface area contributed by atoms with Crippen LogP contribution in [-0.2, 0) is 0 Å². The number of rotatable bonds is 2. The Hall–Kier alpha value is -2.33. The van der Waals surface area contributed by atoms with E-state index in [4.69, 9.17) is 11.5 Å². The van der Waals surface area contributed by atoms with Crippen LogP contribution in [0.1, 0.15) is 23.0 Å². The summed E-state index contributed by atoms with van der Waals surface area (Å²) in [5.41, 5.74) is 16.8. The van der Waals surface area contributed by atoms with Gasteiger partial charge in [-0.1, -0.05) is 18.2 Å². The number of imidazole rings is 1. The zero-order valence-electron chi connectivity index (χ0n) is 10.7. The van der Waals surface area contributed by atoms with Gasteiger partial charge in [-0.05, 0) is 42.3 Å². The molecule has 1 unspecified atom stereocenters. The number of nitrogens with two attached hydrogens (primary N) is 2. The lowest BCUT2D eigenvalue weighted by Gasteiger charge is -2.12. The lowest BCUT2D eigenvalue weighted by Crippen LogP contribution is -2.11. The van der Waals surface area contributed by atoms with Crippen LogP contribution in [0.4, 0.5) is 5.69 Å². The number of aromatic amines is 1. The van der Waals surface area contributed by atoms with Crippen LogP contribution in [0.5, 0.6) is 0 Å². The van der Waals surface area contributed by atoms with Crippen molar-refractivity contribution >= 4 is 16.7 Å². The molecule has 3 aromatic rings. The molecule has 5 N–H and O–H groups in total. The van der Waals surface area contributed by atoms with Crippen molar-refractivity contribution in [3.8, 4) is 0 Å². The summed E-state index contributed by atoms with van der Waals surface area (Å²) in [6.07, 6.45) is 0. The maximum Gasteiger partial charge on any atom is 0.104 e. The summed E-state index contributed by atoms with van der Waals surface area (Å²) in [5, 5.41) is 0. The predicted molar refractivity (Wildman–Crippen MR) is 77.7 cm³/mol. The second-order valence-corrected chi connectivity index (χ2v) is 4.74. The van der Waals surface area contributed by atoms with Crippen molar-refractivity contribution in [2.75, 3.05) is 5.73 Å². The van der Waals surface area contributed by atoms with Gasteiger partial charge in [0, 0.05) is 5.69 Å². The van der Waals surface area contributed by atoms with Crippen molar-refractivity contribution < 1.29 is 0 Å². The van der Waals surface area contributed by atoms with Crippen molar-refractivity contribution in [1.82, 2.24) is 9.97 Å². The Balaban J connectivity index is 2.00. The molecule has 4 nitrogen and oxygen atoms in total. The van der Waals surface area contributed by atoms with E-state index in [1.807, 2.05) is 43.3 Å². The van der Waals surface area contributed by atoms with Crippen molar-refractivity contribution in [3.63, 3.8) is 0 Å². The maximum absolute atomic E-state index is 6.29. The fraction of sp³-hybridized carbons (Fsp3) is 0.133. The topological polar surface area (TPSA) is 80.7 Å². The van der Waals surface area contributed by atoms with Gasteiger partial charge in [-0.25, -0.2) is 4.98 Å². The Morgan fingerprint density at radius 1 is 1.05 bits per heavy atom. The number of aryl methyl sites for hydroxylation is 1. The Morgan fingerprint density at radius 2 is 1.74 bits per heavy atom. The molecule has 96 valence electrons. The maximum atomic E-state index is 6.29. The van der Waals surface area contributed by atoms with Crippen LogP contribution in [0.15, 0.2) is 42.5 Å². The molecule has 0 radical (unpaired) electrons. The van der Waals surface area contributed by atoms with Gasteiger partial charge in [-0.3, -0.25) is 0 Å². The van der Waals surface area contributed by atoms with Crippen LogP contribution in [-0.4, -0.2) is 9.97 Å². The molecule has 2 aromatic carbocycles. The Morgan fingerprint density at radius 3 is 2.47 bits per heavy atom. The van der Waals surface area contributed by atoms with Gasteiger partial charge < -0.3 is 16.5 Å². The summed E-state index contributed by atoms with van der Waals surface area (Å²) in [7, 11) is 0. The summed E-state index contributed by atoms with van der Waals surface area (Å²) >= 11 is 0. The first-order chi connectivity index (χ1) is 9.13. The molecular formula is C15H16N4. The minimum Gasteiger partial charge on any atom is -0.399 e. The van der Waals surface area contributed by atoms with E-state index in [0.717, 1.165) is 33.7 Å². The summed E-state index contributed by atoms with van der Waals surface area (Å²) in [6, 6.07) is 13.6. The van der Waals surface area contributed by atoms with E-state index in [1.54, 1.807) is 0 Å². The molecule has 0 spiro atoms. The second-order valence-electron chi connectivity index (χ2n) is 4.74. The summed E-state index contributed by atoms with van der Waals surface area (Å²) in [4.78, 5) is 7.61. The number of H-pyrrole nitrogens is 1. The van der Waals surface area contributed by atoms with Crippen molar-refractivity contribution in [2.24, 2.45) is 5.73 Å². The first-order valence-electron chi connectivity index (χ1n) is 6.21. The van der Waals surface area contributed by atoms with Crippen molar-refractivity contribution in [2.45, 2.75) is 13.0 Å². The van der Waals surface area contributed by atoms with Crippen molar-refractivity contribution in [3.05, 3.63) is 59.4 Å². The number of benzene rings is 2. The van der Waals surface area contributed by atoms with Gasteiger partial charge in [0.25, 0.3) is 0 Å². The van der Waals surface area contributed by atoms with Gasteiger partial charge in [0.15, 0.2) is 0 Å². The van der Waals surface area contributed by atoms with Gasteiger partial charge in [0.1, 0.15) is 5.82 Å². The second kappa shape index (κ2) is 4.40. The van der Waals surface area contributed by atoms with Gasteiger partial charge >= 0.3 is 0 Å². The number of nitrogens with zero attached hydrogens (tertiary/aromatic N) is 1. The number of hydrogen-bond acceptors (Lipinski definition) is 3. The van der Waals surface area contributed by atoms with E-state index in [9.17, 15) is 0 Å². The molecule has 0 amide bonds. The van der Waals surface area contributed by atoms with Crippen molar-refractivity contribution in [1.29, 1.82) is 0 Å². The lowest BCUT2D eigenvalue weighted by atomic mass is 9.99. The molecule has 0 bridgehead atoms. The van der Waals surface area contributed by atoms with Gasteiger partial charge in [-0.15, -0.1) is 0 Å². The number of nitrogen functional groups attached to an aromatic ring is 1. The van der Waals surface area contributed by atoms with Crippen LogP contribution in [0, 0.1) is 6.92 Å². The van der Waals surface area contributed by atoms with E-state index in [-0.39, 0.29) is 6.04 Å². The molecule has 3 rings (SSSR count). The minimum absolute atomic E-state index is 0.159. The number of fused-ring (bicyclic) bond motifs is 1. The molecule has 19 heavy (non-hydrogen) atoms. The zero-order chi connectivity index (χ0) is 13.4. The number of aromatic nitrogens is 2. The molecule has 1 atom stereocenters. The van der Waals surface area contributed by atoms with E-state index < -0.39 is 0 Å². The monoisotopic (exact) mass is 252 g/mol. The predicted octanol–water partition coefficient (Wildman–Crippen LogP) is 2.50. The normalized spacial score (nSPS) is 12.7. The molecule has 1 aromatic heterocycles. The number of anilines is 1. The molecule has 0 aliphatic rings. The molecule has 0 saturated carbocycles. The van der Waals surface area contributed by atoms with E-state index in [2.05, 4.69) is 16.0 Å². The highest BCUT2D eigenvalue weighted by Gasteiger charge is 2.10. The number of hydrogen-bond donors (Lipinski definition) is 3. The summed E-state index contributed by atoms with van der Waals surface area (Å²) < 4.78 is 0. The molecular weight excluding hydrogens is 236 g/mol. The molecule has 0 aliphatic heterocycles. The summed E-state index contributed by atoms with van der Waals surface area (Å²) in [5.74, 6) is 0.910. The SMILES string of the molecule is Cc1nc2ccc(C(N)c3ccc(N)cc3)cc2[nH]1. The van der Waals surface area contributed by atoms with Crippen LogP contribution in [0.25, 0.3) is 11.0 Å². The standard InChI is InChI=1S/C15H16N4/c1-9-18-13-7-4-11(8-14(13)19-9)15(17)10-2-5-12(16)6-3-10/h2-8,15H,16-17H2,1H3,(H,18,19). The smallest absolute Gasteiger partial charge is 0.104 e. The molecule has 0 saturated heterocycles. The first-order valence-corrected chi connectivity index (χ1v) is 6.21. The number of nitrogens with one attached hydrogen (secondary N) is 1. The highest BCUT2D eigenvalue weighted by molar-refractivity contribution is 5.76. The van der Waals surface area contributed by atoms with E-state index in [0.29, 0.717) is 0 Å². The van der Waals surface area contributed by atoms with Gasteiger partial charge in [-0.2, -0.15) is 0 Å². The fourth-order valence-electron chi connectivity index (χ4n) is 2.24. The molecule has 1 heterocycles. The fourth-order valence-corrected chi connectivity index (χ4v) is 2.24. The zero-order valence-corrected chi connectivity index (χ0v) is 10.7. The molecule has 4 heteroatoms. The van der Waals surface area contributed by atoms with Crippen LogP contribution in [0.2, 0.25) is 0 Å². The Kier molecular flexibility index (Phi) is 2.72. The summed E-state index contributed by atoms with van der Waals surface area (Å²) in [6.45, 7) is 1.94. The third-order valence-corrected chi connectivity index (χ3v) is 3.28. The average Bonchev–Trinajstić information content (AvgIpc) is 2.77. The largest absolute Gasteiger partial charge is 0.399 e. The Labute approximate surface area is 111 Å². The van der Waals surface area contributed by atoms with Crippen LogP contribution < -0.4 is 11.5 Å². The minimum atomic E-state index is -0.159. The van der Waals surface area contributed by atoms with Crippen LogP contribution in [0.3, 0.4) is 0 Å². The third kappa shape index (κ3) is 2.18. The van der Waals surface area contributed by atoms with Crippen LogP contribution >= 0.6 is 0 Å². The lowest BCUT2D eigenvalue weighted by molar-refractivity contribution is 0.873. The highest BCUT2D eigenvalue weighted by Crippen LogP contribution is 2.23. The molecule has 0 aliphatic carbocycles. The van der Waals surface area contributed by atoms with Gasteiger partial charge in [0.05, 0.1) is 17.1 Å². The van der Waals surface area contributed by atoms with E-state index in [1.165, 1.54) is 0 Å². The van der Waals surface area contributed by atoms with Gasteiger partial charge in [0.2, 0.25) is 0 Å². The quantitative estimate of drug-likeness (QED) is 0.613. The Bertz CT molecular complexity index is 713.